The zero-order valence-corrected chi connectivity index (χ0v) is 34.2. The van der Waals surface area contributed by atoms with Crippen LogP contribution in [-0.4, -0.2) is 77.6 Å². The van der Waals surface area contributed by atoms with E-state index in [1.54, 1.807) is 12.0 Å². The van der Waals surface area contributed by atoms with E-state index in [9.17, 15) is 4.79 Å². The van der Waals surface area contributed by atoms with Crippen LogP contribution in [0, 0.1) is 0 Å². The lowest BCUT2D eigenvalue weighted by Gasteiger charge is -2.39. The van der Waals surface area contributed by atoms with E-state index in [2.05, 4.69) is 50.0 Å². The second-order valence-corrected chi connectivity index (χ2v) is 21.7. The summed E-state index contributed by atoms with van der Waals surface area (Å²) in [5, 5.41) is 2.19. The number of piperidine rings is 1. The number of ether oxygens (including phenoxy) is 7. The fourth-order valence-electron chi connectivity index (χ4n) is 6.40. The molecule has 2 atom stereocenters. The molecular weight excluding hydrogens is 699 g/mol. The van der Waals surface area contributed by atoms with Gasteiger partial charge in [-0.2, -0.15) is 0 Å². The molecule has 0 radical (unpaired) electrons. The molecule has 1 fully saturated rings. The first kappa shape index (κ1) is 41.1. The maximum absolute atomic E-state index is 13.2. The van der Waals surface area contributed by atoms with Crippen LogP contribution < -0.4 is 14.2 Å². The van der Waals surface area contributed by atoms with Crippen LogP contribution in [-0.2, 0) is 32.2 Å². The number of amides is 1. The highest BCUT2D eigenvalue weighted by molar-refractivity contribution is 6.76. The Kier molecular flexibility index (Phi) is 14.8. The van der Waals surface area contributed by atoms with Crippen molar-refractivity contribution in [2.45, 2.75) is 90.1 Å². The predicted octanol–water partition coefficient (Wildman–Crippen LogP) is 9.83. The van der Waals surface area contributed by atoms with Crippen molar-refractivity contribution in [3.8, 4) is 17.2 Å². The molecular formula is C44H59NO8Si. The number of hydrogen-bond acceptors (Lipinski definition) is 8. The highest BCUT2D eigenvalue weighted by Crippen LogP contribution is 2.37. The molecule has 0 bridgehead atoms. The van der Waals surface area contributed by atoms with Gasteiger partial charge in [0, 0.05) is 39.1 Å². The van der Waals surface area contributed by atoms with Crippen LogP contribution in [0.4, 0.5) is 4.79 Å². The molecule has 4 aromatic carbocycles. The third-order valence-electron chi connectivity index (χ3n) is 9.32. The van der Waals surface area contributed by atoms with Gasteiger partial charge in [-0.05, 0) is 85.5 Å². The average molecular weight is 758 g/mol. The van der Waals surface area contributed by atoms with E-state index in [1.165, 1.54) is 0 Å². The van der Waals surface area contributed by atoms with E-state index in [1.807, 2.05) is 75.4 Å². The molecule has 5 rings (SSSR count). The van der Waals surface area contributed by atoms with Crippen molar-refractivity contribution in [3.63, 3.8) is 0 Å². The van der Waals surface area contributed by atoms with Crippen LogP contribution in [0.2, 0.25) is 25.7 Å². The molecule has 0 spiro atoms. The molecule has 0 aliphatic carbocycles. The topological polar surface area (TPSA) is 84.9 Å². The Bertz CT molecular complexity index is 1780. The smallest absolute Gasteiger partial charge is 0.410 e. The van der Waals surface area contributed by atoms with E-state index < -0.39 is 13.7 Å². The van der Waals surface area contributed by atoms with Crippen LogP contribution >= 0.6 is 0 Å². The lowest BCUT2D eigenvalue weighted by molar-refractivity contribution is -0.0363. The molecule has 0 N–H and O–H groups in total. The van der Waals surface area contributed by atoms with Gasteiger partial charge in [0.15, 0.2) is 6.79 Å². The van der Waals surface area contributed by atoms with Crippen LogP contribution in [0.25, 0.3) is 10.8 Å². The lowest BCUT2D eigenvalue weighted by atomic mass is 9.86. The van der Waals surface area contributed by atoms with Crippen molar-refractivity contribution in [2.24, 2.45) is 0 Å². The number of benzene rings is 4. The van der Waals surface area contributed by atoms with Crippen LogP contribution in [0.5, 0.6) is 17.2 Å². The van der Waals surface area contributed by atoms with E-state index in [0.29, 0.717) is 45.9 Å². The zero-order valence-electron chi connectivity index (χ0n) is 33.2. The molecule has 0 saturated carbocycles. The fraction of sp³-hybridized carbons (Fsp3) is 0.477. The highest BCUT2D eigenvalue weighted by atomic mass is 28.3. The summed E-state index contributed by atoms with van der Waals surface area (Å²) in [5.41, 5.74) is 2.55. The molecule has 54 heavy (non-hydrogen) atoms. The summed E-state index contributed by atoms with van der Waals surface area (Å²) in [7, 11) is 0.522. The minimum atomic E-state index is -1.15. The Morgan fingerprint density at radius 3 is 2.35 bits per heavy atom. The number of fused-ring (bicyclic) bond motifs is 1. The summed E-state index contributed by atoms with van der Waals surface area (Å²) in [4.78, 5) is 15.0. The van der Waals surface area contributed by atoms with Crippen LogP contribution in [0.1, 0.15) is 56.2 Å². The van der Waals surface area contributed by atoms with Crippen molar-refractivity contribution in [2.75, 3.05) is 46.8 Å². The average Bonchev–Trinajstić information content (AvgIpc) is 3.14. The van der Waals surface area contributed by atoms with E-state index in [-0.39, 0.29) is 24.9 Å². The molecule has 1 saturated heterocycles. The molecule has 2 unspecified atom stereocenters. The minimum absolute atomic E-state index is 0.0168. The second-order valence-electron chi connectivity index (χ2n) is 16.1. The first-order chi connectivity index (χ1) is 25.9. The van der Waals surface area contributed by atoms with Gasteiger partial charge in [0.1, 0.15) is 22.8 Å². The van der Waals surface area contributed by atoms with Crippen molar-refractivity contribution < 1.29 is 38.0 Å². The monoisotopic (exact) mass is 757 g/mol. The lowest BCUT2D eigenvalue weighted by Crippen LogP contribution is -2.48. The minimum Gasteiger partial charge on any atom is -0.496 e. The highest BCUT2D eigenvalue weighted by Gasteiger charge is 2.36. The molecule has 0 aromatic heterocycles. The van der Waals surface area contributed by atoms with Gasteiger partial charge in [-0.15, -0.1) is 0 Å². The predicted molar refractivity (Wildman–Crippen MR) is 216 cm³/mol. The van der Waals surface area contributed by atoms with E-state index >= 15 is 0 Å². The first-order valence-corrected chi connectivity index (χ1v) is 22.8. The molecule has 1 aliphatic heterocycles. The summed E-state index contributed by atoms with van der Waals surface area (Å²) < 4.78 is 41.9. The van der Waals surface area contributed by atoms with Crippen LogP contribution in [0.3, 0.4) is 0 Å². The van der Waals surface area contributed by atoms with Gasteiger partial charge in [0.25, 0.3) is 0 Å². The molecule has 9 nitrogen and oxygen atoms in total. The fourth-order valence-corrected chi connectivity index (χ4v) is 7.16. The molecule has 292 valence electrons. The third kappa shape index (κ3) is 12.8. The van der Waals surface area contributed by atoms with Crippen molar-refractivity contribution in [1.29, 1.82) is 0 Å². The summed E-state index contributed by atoms with van der Waals surface area (Å²) in [5.74, 6) is 2.44. The first-order valence-electron chi connectivity index (χ1n) is 19.1. The van der Waals surface area contributed by atoms with Gasteiger partial charge in [-0.25, -0.2) is 4.79 Å². The van der Waals surface area contributed by atoms with Gasteiger partial charge in [-0.3, -0.25) is 0 Å². The number of para-hydroxylation sites is 2. The van der Waals surface area contributed by atoms with Crippen LogP contribution in [0.15, 0.2) is 84.9 Å². The molecule has 4 aromatic rings. The van der Waals surface area contributed by atoms with E-state index in [4.69, 9.17) is 33.2 Å². The standard InChI is InChI=1S/C44H59NO8Si/c1-44(2,3)53-43(46)45-22-21-39(38-14-9-11-16-41(38)50-24-12-23-48-31-35-13-8-10-15-40(35)47-4)42(29-45)51-30-33-17-18-34-19-20-37(28-36(34)27-33)52-32-49-25-26-54(5,6)7/h8-11,13-20,27-28,39,42H,12,21-26,29-32H2,1-7H3. The van der Waals surface area contributed by atoms with Gasteiger partial charge in [0.05, 0.1) is 46.2 Å². The van der Waals surface area contributed by atoms with Crippen molar-refractivity contribution >= 4 is 24.9 Å². The number of carbonyl (C=O) groups excluding carboxylic acids is 1. The number of hydrogen-bond donors (Lipinski definition) is 0. The zero-order chi connectivity index (χ0) is 38.6. The van der Waals surface area contributed by atoms with Gasteiger partial charge in [-0.1, -0.05) is 74.2 Å². The van der Waals surface area contributed by atoms with Crippen molar-refractivity contribution in [3.05, 3.63) is 102 Å². The molecule has 1 amide bonds. The number of rotatable bonds is 18. The molecule has 1 aliphatic rings. The Morgan fingerprint density at radius 2 is 1.57 bits per heavy atom. The Morgan fingerprint density at radius 1 is 0.815 bits per heavy atom. The van der Waals surface area contributed by atoms with Gasteiger partial charge >= 0.3 is 6.09 Å². The molecule has 10 heteroatoms. The SMILES string of the molecule is COc1ccccc1COCCCOc1ccccc1C1CCN(C(=O)OC(C)(C)C)CC1OCc1ccc2ccc(OCOCC[Si](C)(C)C)cc2c1. The number of likely N-dealkylation sites (tertiary alicyclic amines) is 1. The van der Waals surface area contributed by atoms with Gasteiger partial charge in [0.2, 0.25) is 0 Å². The number of methoxy groups -OCH3 is 1. The van der Waals surface area contributed by atoms with E-state index in [0.717, 1.165) is 63.8 Å². The Balaban J connectivity index is 1.23. The maximum Gasteiger partial charge on any atom is 0.410 e. The quantitative estimate of drug-likeness (QED) is 0.0564. The summed E-state index contributed by atoms with van der Waals surface area (Å²) in [6.45, 7) is 16.6. The Hall–Kier alpha value is -4.09. The number of nitrogens with zero attached hydrogens (tertiary/aromatic N) is 1. The normalized spacial score (nSPS) is 16.3. The number of carbonyl (C=O) groups is 1. The third-order valence-corrected chi connectivity index (χ3v) is 11.0. The summed E-state index contributed by atoms with van der Waals surface area (Å²) >= 11 is 0. The summed E-state index contributed by atoms with van der Waals surface area (Å²) in [6, 6.07) is 29.6. The summed E-state index contributed by atoms with van der Waals surface area (Å²) in [6.07, 6.45) is 0.847. The molecule has 1 heterocycles. The second kappa shape index (κ2) is 19.5. The van der Waals surface area contributed by atoms with Gasteiger partial charge < -0.3 is 38.1 Å². The Labute approximate surface area is 322 Å². The maximum atomic E-state index is 13.2. The van der Waals surface area contributed by atoms with Crippen molar-refractivity contribution in [1.82, 2.24) is 4.90 Å². The largest absolute Gasteiger partial charge is 0.496 e.